The van der Waals surface area contributed by atoms with Gasteiger partial charge < -0.3 is 10.1 Å². The molecule has 9 heteroatoms. The number of ether oxygens (including phenoxy) is 1. The lowest BCUT2D eigenvalue weighted by Crippen LogP contribution is -2.27. The first-order valence-corrected chi connectivity index (χ1v) is 12.3. The van der Waals surface area contributed by atoms with E-state index in [9.17, 15) is 14.0 Å². The molecule has 0 radical (unpaired) electrons. The molecule has 0 aliphatic heterocycles. The molecule has 0 saturated heterocycles. The first kappa shape index (κ1) is 24.9. The monoisotopic (exact) mass is 511 g/mol. The summed E-state index contributed by atoms with van der Waals surface area (Å²) in [5.74, 6) is -0.514. The number of methoxy groups -OCH3 is 1. The summed E-state index contributed by atoms with van der Waals surface area (Å²) in [6.07, 6.45) is 0. The van der Waals surface area contributed by atoms with Crippen LogP contribution in [0, 0.1) is 5.82 Å². The smallest absolute Gasteiger partial charge is 0.262 e. The highest BCUT2D eigenvalue weighted by Crippen LogP contribution is 2.28. The van der Waals surface area contributed by atoms with Gasteiger partial charge in [0.1, 0.15) is 5.82 Å². The van der Waals surface area contributed by atoms with E-state index in [1.54, 1.807) is 42.0 Å². The molecule has 1 aromatic heterocycles. The molecule has 1 N–H and O–H groups in total. The Kier molecular flexibility index (Phi) is 8.17. The van der Waals surface area contributed by atoms with Crippen molar-refractivity contribution in [3.05, 3.63) is 105 Å². The molecule has 0 unspecified atom stereocenters. The van der Waals surface area contributed by atoms with Crippen LogP contribution in [0.4, 0.5) is 4.39 Å². The molecule has 0 saturated carbocycles. The standard InChI is InChI=1S/C26H23ClFN3O3S/c1-34-13-12-29-24(32)18-10-11-19-23(14-18)30-26(35-16-20-21(27)8-5-9-22(20)28)31(25(19)33)15-17-6-3-2-4-7-17/h2-11,14H,12-13,15-16H2,1H3,(H,29,32). The Morgan fingerprint density at radius 2 is 1.94 bits per heavy atom. The minimum absolute atomic E-state index is 0.190. The van der Waals surface area contributed by atoms with E-state index in [4.69, 9.17) is 21.3 Å². The lowest BCUT2D eigenvalue weighted by Gasteiger charge is -2.14. The zero-order valence-electron chi connectivity index (χ0n) is 19.0. The summed E-state index contributed by atoms with van der Waals surface area (Å²) < 4.78 is 20.9. The van der Waals surface area contributed by atoms with Gasteiger partial charge in [0.2, 0.25) is 0 Å². The van der Waals surface area contributed by atoms with E-state index in [0.717, 1.165) is 5.56 Å². The summed E-state index contributed by atoms with van der Waals surface area (Å²) in [7, 11) is 1.56. The third-order valence-corrected chi connectivity index (χ3v) is 6.72. The normalized spacial score (nSPS) is 11.1. The van der Waals surface area contributed by atoms with Crippen molar-refractivity contribution in [2.45, 2.75) is 17.5 Å². The second-order valence-electron chi connectivity index (χ2n) is 7.74. The van der Waals surface area contributed by atoms with E-state index in [2.05, 4.69) is 5.32 Å². The fourth-order valence-electron chi connectivity index (χ4n) is 3.53. The van der Waals surface area contributed by atoms with Crippen LogP contribution in [-0.4, -0.2) is 35.7 Å². The summed E-state index contributed by atoms with van der Waals surface area (Å²) in [6, 6.07) is 18.9. The number of carbonyl (C=O) groups excluding carboxylic acids is 1. The zero-order valence-corrected chi connectivity index (χ0v) is 20.5. The molecule has 3 aromatic carbocycles. The molecule has 180 valence electrons. The average Bonchev–Trinajstić information content (AvgIpc) is 2.86. The molecule has 0 atom stereocenters. The second-order valence-corrected chi connectivity index (χ2v) is 9.09. The van der Waals surface area contributed by atoms with Gasteiger partial charge in [-0.2, -0.15) is 0 Å². The predicted molar refractivity (Wildman–Crippen MR) is 137 cm³/mol. The lowest BCUT2D eigenvalue weighted by atomic mass is 10.1. The number of nitrogens with zero attached hydrogens (tertiary/aromatic N) is 2. The van der Waals surface area contributed by atoms with Crippen molar-refractivity contribution >= 4 is 40.2 Å². The van der Waals surface area contributed by atoms with Crippen LogP contribution in [0.25, 0.3) is 10.9 Å². The Balaban J connectivity index is 1.74. The number of thioether (sulfide) groups is 1. The molecule has 6 nitrogen and oxygen atoms in total. The van der Waals surface area contributed by atoms with Crippen LogP contribution in [0.2, 0.25) is 5.02 Å². The van der Waals surface area contributed by atoms with Crippen LogP contribution >= 0.6 is 23.4 Å². The number of amides is 1. The topological polar surface area (TPSA) is 73.2 Å². The van der Waals surface area contributed by atoms with Crippen LogP contribution in [0.5, 0.6) is 0 Å². The van der Waals surface area contributed by atoms with Gasteiger partial charge in [-0.1, -0.05) is 59.8 Å². The Morgan fingerprint density at radius 3 is 2.69 bits per heavy atom. The maximum Gasteiger partial charge on any atom is 0.262 e. The molecule has 0 bridgehead atoms. The Bertz CT molecular complexity index is 1390. The fourth-order valence-corrected chi connectivity index (χ4v) is 4.88. The molecule has 0 aliphatic carbocycles. The third-order valence-electron chi connectivity index (χ3n) is 5.37. The zero-order chi connectivity index (χ0) is 24.8. The van der Waals surface area contributed by atoms with Gasteiger partial charge in [0.05, 0.1) is 24.1 Å². The van der Waals surface area contributed by atoms with Gasteiger partial charge >= 0.3 is 0 Å². The highest BCUT2D eigenvalue weighted by Gasteiger charge is 2.16. The van der Waals surface area contributed by atoms with Crippen LogP contribution in [0.15, 0.2) is 76.7 Å². The molecule has 4 aromatic rings. The largest absolute Gasteiger partial charge is 0.383 e. The average molecular weight is 512 g/mol. The Labute approximate surface area is 211 Å². The lowest BCUT2D eigenvalue weighted by molar-refractivity contribution is 0.0937. The molecule has 1 heterocycles. The third kappa shape index (κ3) is 5.90. The summed E-state index contributed by atoms with van der Waals surface area (Å²) in [5.41, 5.74) is 1.80. The maximum absolute atomic E-state index is 14.4. The van der Waals surface area contributed by atoms with Crippen LogP contribution in [-0.2, 0) is 17.0 Å². The number of benzene rings is 3. The molecule has 4 rings (SSSR count). The second kappa shape index (κ2) is 11.5. The van der Waals surface area contributed by atoms with Crippen molar-refractivity contribution in [3.63, 3.8) is 0 Å². The predicted octanol–water partition coefficient (Wildman–Crippen LogP) is 4.91. The van der Waals surface area contributed by atoms with E-state index in [1.807, 2.05) is 30.3 Å². The van der Waals surface area contributed by atoms with E-state index < -0.39 is 5.82 Å². The van der Waals surface area contributed by atoms with E-state index in [-0.39, 0.29) is 17.2 Å². The van der Waals surface area contributed by atoms with Gasteiger partial charge in [-0.05, 0) is 35.9 Å². The number of aromatic nitrogens is 2. The molecular formula is C26H23ClFN3O3S. The molecular weight excluding hydrogens is 489 g/mol. The minimum Gasteiger partial charge on any atom is -0.383 e. The number of carbonyl (C=O) groups is 1. The van der Waals surface area contributed by atoms with Crippen LogP contribution in [0.3, 0.4) is 0 Å². The first-order valence-electron chi connectivity index (χ1n) is 10.9. The summed E-state index contributed by atoms with van der Waals surface area (Å²) >= 11 is 7.42. The van der Waals surface area contributed by atoms with Gasteiger partial charge in [-0.25, -0.2) is 9.37 Å². The maximum atomic E-state index is 14.4. The molecule has 0 spiro atoms. The number of halogens is 2. The molecule has 35 heavy (non-hydrogen) atoms. The van der Waals surface area contributed by atoms with Crippen molar-refractivity contribution in [2.75, 3.05) is 20.3 Å². The van der Waals surface area contributed by atoms with Gasteiger partial charge in [0, 0.05) is 35.6 Å². The van der Waals surface area contributed by atoms with Crippen LogP contribution < -0.4 is 10.9 Å². The van der Waals surface area contributed by atoms with Gasteiger partial charge in [0.15, 0.2) is 5.16 Å². The van der Waals surface area contributed by atoms with Crippen LogP contribution in [0.1, 0.15) is 21.5 Å². The Morgan fingerprint density at radius 1 is 1.14 bits per heavy atom. The Hall–Kier alpha value is -3.20. The fraction of sp³-hybridized carbons (Fsp3) is 0.192. The van der Waals surface area contributed by atoms with Gasteiger partial charge in [-0.15, -0.1) is 0 Å². The summed E-state index contributed by atoms with van der Waals surface area (Å²) in [5, 5.41) is 3.87. The van der Waals surface area contributed by atoms with E-state index in [0.29, 0.717) is 51.9 Å². The molecule has 0 fully saturated rings. The SMILES string of the molecule is COCCNC(=O)c1ccc2c(=O)n(Cc3ccccc3)c(SCc3c(F)cccc3Cl)nc2c1. The minimum atomic E-state index is -0.419. The summed E-state index contributed by atoms with van der Waals surface area (Å²) in [4.78, 5) is 30.7. The van der Waals surface area contributed by atoms with Crippen molar-refractivity contribution in [2.24, 2.45) is 0 Å². The van der Waals surface area contributed by atoms with Crippen molar-refractivity contribution in [1.82, 2.24) is 14.9 Å². The number of nitrogens with one attached hydrogen (secondary N) is 1. The van der Waals surface area contributed by atoms with Gasteiger partial charge in [-0.3, -0.25) is 14.2 Å². The number of hydrogen-bond donors (Lipinski definition) is 1. The summed E-state index contributed by atoms with van der Waals surface area (Å²) in [6.45, 7) is 1.06. The molecule has 0 aliphatic rings. The van der Waals surface area contributed by atoms with Crippen molar-refractivity contribution in [3.8, 4) is 0 Å². The number of hydrogen-bond acceptors (Lipinski definition) is 5. The number of rotatable bonds is 9. The quantitative estimate of drug-likeness (QED) is 0.196. The molecule has 1 amide bonds. The highest BCUT2D eigenvalue weighted by molar-refractivity contribution is 7.98. The van der Waals surface area contributed by atoms with Crippen molar-refractivity contribution < 1.29 is 13.9 Å². The van der Waals surface area contributed by atoms with E-state index in [1.165, 1.54) is 17.8 Å². The number of fused-ring (bicyclic) bond motifs is 1. The van der Waals surface area contributed by atoms with E-state index >= 15 is 0 Å². The first-order chi connectivity index (χ1) is 17.0. The highest BCUT2D eigenvalue weighted by atomic mass is 35.5. The van der Waals surface area contributed by atoms with Crippen molar-refractivity contribution in [1.29, 1.82) is 0 Å². The van der Waals surface area contributed by atoms with Gasteiger partial charge in [0.25, 0.3) is 11.5 Å².